The molecular formula is C11H13N3O5. The van der Waals surface area contributed by atoms with E-state index in [4.69, 9.17) is 5.73 Å². The van der Waals surface area contributed by atoms with Crippen molar-refractivity contribution in [1.29, 1.82) is 0 Å². The predicted octanol–water partition coefficient (Wildman–Crippen LogP) is 1.29. The van der Waals surface area contributed by atoms with E-state index in [0.717, 1.165) is 6.07 Å². The minimum Gasteiger partial charge on any atom is -0.366 e. The minimum absolute atomic E-state index is 0.0322. The topological polar surface area (TPSA) is 129 Å². The Labute approximate surface area is 108 Å². The summed E-state index contributed by atoms with van der Waals surface area (Å²) in [4.78, 5) is 31.3. The van der Waals surface area contributed by atoms with Crippen LogP contribution in [0.5, 0.6) is 0 Å². The highest BCUT2D eigenvalue weighted by Crippen LogP contribution is 2.19. The van der Waals surface area contributed by atoms with Crippen LogP contribution in [0, 0.1) is 20.2 Å². The summed E-state index contributed by atoms with van der Waals surface area (Å²) in [7, 11) is 0. The third-order valence-corrected chi connectivity index (χ3v) is 2.76. The molecule has 0 heterocycles. The predicted molar refractivity (Wildman–Crippen MR) is 66.4 cm³/mol. The van der Waals surface area contributed by atoms with E-state index in [9.17, 15) is 25.0 Å². The summed E-state index contributed by atoms with van der Waals surface area (Å²) in [6.07, 6.45) is 0.490. The smallest absolute Gasteiger partial charge is 0.270 e. The minimum atomic E-state index is -0.785. The lowest BCUT2D eigenvalue weighted by atomic mass is 9.99. The fraction of sp³-hybridized carbons (Fsp3) is 0.364. The zero-order chi connectivity index (χ0) is 14.6. The molecular weight excluding hydrogens is 254 g/mol. The van der Waals surface area contributed by atoms with E-state index in [1.165, 1.54) is 19.1 Å². The van der Waals surface area contributed by atoms with E-state index < -0.39 is 21.8 Å². The van der Waals surface area contributed by atoms with Crippen molar-refractivity contribution >= 4 is 11.6 Å². The van der Waals surface area contributed by atoms with Gasteiger partial charge in [0.2, 0.25) is 11.9 Å². The molecule has 102 valence electrons. The van der Waals surface area contributed by atoms with Crippen LogP contribution in [0.1, 0.15) is 29.3 Å². The lowest BCUT2D eigenvalue weighted by molar-refractivity contribution is -0.518. The van der Waals surface area contributed by atoms with E-state index in [-0.39, 0.29) is 24.1 Å². The first-order valence-corrected chi connectivity index (χ1v) is 5.53. The summed E-state index contributed by atoms with van der Waals surface area (Å²) < 4.78 is 0. The molecule has 0 aliphatic carbocycles. The first kappa shape index (κ1) is 14.6. The van der Waals surface area contributed by atoms with Crippen LogP contribution in [0.4, 0.5) is 5.69 Å². The van der Waals surface area contributed by atoms with E-state index in [2.05, 4.69) is 0 Å². The number of nitro benzene ring substituents is 1. The Morgan fingerprint density at radius 2 is 2.00 bits per heavy atom. The van der Waals surface area contributed by atoms with Gasteiger partial charge < -0.3 is 5.73 Å². The van der Waals surface area contributed by atoms with Gasteiger partial charge in [0.1, 0.15) is 0 Å². The van der Waals surface area contributed by atoms with Crippen LogP contribution < -0.4 is 5.73 Å². The van der Waals surface area contributed by atoms with Gasteiger partial charge in [-0.1, -0.05) is 6.07 Å². The van der Waals surface area contributed by atoms with Gasteiger partial charge in [0.25, 0.3) is 5.69 Å². The van der Waals surface area contributed by atoms with Gasteiger partial charge in [-0.2, -0.15) is 0 Å². The van der Waals surface area contributed by atoms with Gasteiger partial charge >= 0.3 is 0 Å². The maximum Gasteiger partial charge on any atom is 0.270 e. The quantitative estimate of drug-likeness (QED) is 0.613. The zero-order valence-electron chi connectivity index (χ0n) is 10.2. The molecule has 0 aliphatic rings. The van der Waals surface area contributed by atoms with Crippen molar-refractivity contribution < 1.29 is 14.6 Å². The Hall–Kier alpha value is -2.51. The maximum absolute atomic E-state index is 11.2. The molecule has 0 saturated carbocycles. The van der Waals surface area contributed by atoms with Crippen LogP contribution >= 0.6 is 0 Å². The van der Waals surface area contributed by atoms with Crippen LogP contribution in [0.25, 0.3) is 0 Å². The van der Waals surface area contributed by atoms with E-state index in [0.29, 0.717) is 5.56 Å². The molecule has 1 amide bonds. The van der Waals surface area contributed by atoms with Gasteiger partial charge in [-0.05, 0) is 12.0 Å². The average molecular weight is 267 g/mol. The molecule has 1 aromatic rings. The Balaban J connectivity index is 2.97. The molecule has 1 unspecified atom stereocenters. The number of hydrogen-bond donors (Lipinski definition) is 1. The molecule has 1 aromatic carbocycles. The van der Waals surface area contributed by atoms with E-state index in [1.807, 2.05) is 0 Å². The first-order valence-electron chi connectivity index (χ1n) is 5.53. The number of nitro groups is 2. The van der Waals surface area contributed by atoms with Gasteiger partial charge in [-0.25, -0.2) is 0 Å². The second kappa shape index (κ2) is 5.89. The molecule has 8 heteroatoms. The van der Waals surface area contributed by atoms with Crippen LogP contribution in [-0.4, -0.2) is 21.8 Å². The third kappa shape index (κ3) is 3.73. The molecule has 19 heavy (non-hydrogen) atoms. The van der Waals surface area contributed by atoms with Crippen molar-refractivity contribution in [1.82, 2.24) is 0 Å². The van der Waals surface area contributed by atoms with Gasteiger partial charge in [0, 0.05) is 36.0 Å². The number of nitrogens with two attached hydrogens (primary N) is 1. The molecule has 0 bridgehead atoms. The molecule has 0 saturated heterocycles. The fourth-order valence-corrected chi connectivity index (χ4v) is 1.60. The Kier molecular flexibility index (Phi) is 4.51. The molecule has 0 fully saturated rings. The number of carbonyl (C=O) groups is 1. The number of primary amides is 1. The van der Waals surface area contributed by atoms with Gasteiger partial charge in [0.05, 0.1) is 4.92 Å². The van der Waals surface area contributed by atoms with Crippen LogP contribution in [0.2, 0.25) is 0 Å². The highest BCUT2D eigenvalue weighted by atomic mass is 16.6. The Morgan fingerprint density at radius 1 is 1.37 bits per heavy atom. The number of non-ortho nitro benzene ring substituents is 1. The van der Waals surface area contributed by atoms with Gasteiger partial charge in [-0.15, -0.1) is 0 Å². The number of aryl methyl sites for hydroxylation is 1. The zero-order valence-corrected chi connectivity index (χ0v) is 10.2. The lowest BCUT2D eigenvalue weighted by Crippen LogP contribution is -2.18. The second-order valence-corrected chi connectivity index (χ2v) is 4.14. The average Bonchev–Trinajstić information content (AvgIpc) is 2.35. The number of nitrogens with zero attached hydrogens (tertiary/aromatic N) is 2. The van der Waals surface area contributed by atoms with Crippen molar-refractivity contribution in [2.75, 3.05) is 0 Å². The third-order valence-electron chi connectivity index (χ3n) is 2.76. The van der Waals surface area contributed by atoms with Crippen molar-refractivity contribution in [3.8, 4) is 0 Å². The Morgan fingerprint density at radius 3 is 2.47 bits per heavy atom. The molecule has 2 N–H and O–H groups in total. The molecule has 0 aromatic heterocycles. The Bertz CT molecular complexity index is 529. The number of hydrogen-bond acceptors (Lipinski definition) is 5. The number of amides is 1. The SMILES string of the molecule is CC(CCc1ccc([N+](=O)[O-])cc1C(N)=O)[N+](=O)[O-]. The maximum atomic E-state index is 11.2. The number of rotatable bonds is 6. The van der Waals surface area contributed by atoms with Crippen molar-refractivity contribution in [2.24, 2.45) is 5.73 Å². The molecule has 0 spiro atoms. The summed E-state index contributed by atoms with van der Waals surface area (Å²) in [5, 5.41) is 21.1. The molecule has 0 radical (unpaired) electrons. The summed E-state index contributed by atoms with van der Waals surface area (Å²) in [5.74, 6) is -0.785. The molecule has 0 aliphatic heterocycles. The number of carbonyl (C=O) groups excluding carboxylic acids is 1. The van der Waals surface area contributed by atoms with Crippen molar-refractivity contribution in [2.45, 2.75) is 25.8 Å². The summed E-state index contributed by atoms with van der Waals surface area (Å²) >= 11 is 0. The van der Waals surface area contributed by atoms with E-state index >= 15 is 0 Å². The highest BCUT2D eigenvalue weighted by Gasteiger charge is 2.18. The highest BCUT2D eigenvalue weighted by molar-refractivity contribution is 5.95. The second-order valence-electron chi connectivity index (χ2n) is 4.14. The monoisotopic (exact) mass is 267 g/mol. The fourth-order valence-electron chi connectivity index (χ4n) is 1.60. The first-order chi connectivity index (χ1) is 8.82. The van der Waals surface area contributed by atoms with Crippen LogP contribution in [-0.2, 0) is 6.42 Å². The van der Waals surface area contributed by atoms with Crippen molar-refractivity contribution in [3.63, 3.8) is 0 Å². The molecule has 1 atom stereocenters. The van der Waals surface area contributed by atoms with Gasteiger partial charge in [-0.3, -0.25) is 25.0 Å². The summed E-state index contributed by atoms with van der Waals surface area (Å²) in [6, 6.07) is 2.99. The number of benzene rings is 1. The van der Waals surface area contributed by atoms with Crippen molar-refractivity contribution in [3.05, 3.63) is 49.6 Å². The standard InChI is InChI=1S/C11H13N3O5/c1-7(13(16)17)2-3-8-4-5-9(14(18)19)6-10(8)11(12)15/h4-7H,2-3H2,1H3,(H2,12,15). The van der Waals surface area contributed by atoms with Crippen LogP contribution in [0.15, 0.2) is 18.2 Å². The summed E-state index contributed by atoms with van der Waals surface area (Å²) in [5.41, 5.74) is 5.43. The molecule has 8 nitrogen and oxygen atoms in total. The normalized spacial score (nSPS) is 11.8. The van der Waals surface area contributed by atoms with E-state index in [1.54, 1.807) is 0 Å². The largest absolute Gasteiger partial charge is 0.366 e. The van der Waals surface area contributed by atoms with Gasteiger partial charge in [0.15, 0.2) is 0 Å². The lowest BCUT2D eigenvalue weighted by Gasteiger charge is -2.07. The van der Waals surface area contributed by atoms with Crippen LogP contribution in [0.3, 0.4) is 0 Å². The molecule has 1 rings (SSSR count). The summed E-state index contributed by atoms with van der Waals surface area (Å²) in [6.45, 7) is 1.45.